The summed E-state index contributed by atoms with van der Waals surface area (Å²) in [4.78, 5) is 0. The van der Waals surface area contributed by atoms with Gasteiger partial charge in [-0.3, -0.25) is 0 Å². The summed E-state index contributed by atoms with van der Waals surface area (Å²) in [6.45, 7) is 6.10. The number of nitrogens with one attached hydrogen (secondary N) is 2. The van der Waals surface area contributed by atoms with Gasteiger partial charge in [-0.1, -0.05) is 0 Å². The molecular weight excluding hydrogens is 184 g/mol. The quantitative estimate of drug-likeness (QED) is 0.680. The number of piperidine rings is 1. The van der Waals surface area contributed by atoms with Crippen LogP contribution >= 0.6 is 0 Å². The van der Waals surface area contributed by atoms with Gasteiger partial charge in [0.2, 0.25) is 0 Å². The minimum absolute atomic E-state index is 0.508. The van der Waals surface area contributed by atoms with Crippen LogP contribution in [0.4, 0.5) is 0 Å². The molecule has 2 fully saturated rings. The maximum Gasteiger partial charge on any atom is 0.0153 e. The zero-order chi connectivity index (χ0) is 10.6. The summed E-state index contributed by atoms with van der Waals surface area (Å²) in [7, 11) is 0. The van der Waals surface area contributed by atoms with Crippen molar-refractivity contribution in [3.05, 3.63) is 0 Å². The predicted molar refractivity (Wildman–Crippen MR) is 65.1 cm³/mol. The topological polar surface area (TPSA) is 24.1 Å². The zero-order valence-electron chi connectivity index (χ0n) is 10.1. The van der Waals surface area contributed by atoms with Crippen molar-refractivity contribution in [3.63, 3.8) is 0 Å². The molecule has 0 bridgehead atoms. The average molecular weight is 210 g/mol. The van der Waals surface area contributed by atoms with Gasteiger partial charge in [-0.2, -0.15) is 0 Å². The molecule has 0 spiro atoms. The van der Waals surface area contributed by atoms with E-state index in [0.717, 1.165) is 5.92 Å². The maximum atomic E-state index is 3.72. The van der Waals surface area contributed by atoms with Crippen LogP contribution < -0.4 is 10.6 Å². The molecule has 2 nitrogen and oxygen atoms in total. The summed E-state index contributed by atoms with van der Waals surface area (Å²) in [5.41, 5.74) is 0.508. The van der Waals surface area contributed by atoms with Crippen molar-refractivity contribution in [2.45, 2.75) is 57.4 Å². The third-order valence-electron chi connectivity index (χ3n) is 4.26. The lowest BCUT2D eigenvalue weighted by Gasteiger charge is -2.39. The van der Waals surface area contributed by atoms with Gasteiger partial charge in [-0.15, -0.1) is 0 Å². The van der Waals surface area contributed by atoms with Crippen molar-refractivity contribution in [2.24, 2.45) is 5.92 Å². The molecular formula is C13H26N2. The predicted octanol–water partition coefficient (Wildman–Crippen LogP) is 2.30. The van der Waals surface area contributed by atoms with Crippen molar-refractivity contribution in [1.82, 2.24) is 10.6 Å². The third kappa shape index (κ3) is 3.46. The first-order valence-corrected chi connectivity index (χ1v) is 6.74. The highest BCUT2D eigenvalue weighted by Gasteiger charge is 2.30. The molecule has 0 unspecified atom stereocenters. The van der Waals surface area contributed by atoms with Gasteiger partial charge < -0.3 is 10.6 Å². The van der Waals surface area contributed by atoms with Gasteiger partial charge in [0.1, 0.15) is 0 Å². The monoisotopic (exact) mass is 210 g/mol. The second kappa shape index (κ2) is 5.31. The molecule has 0 radical (unpaired) electrons. The summed E-state index contributed by atoms with van der Waals surface area (Å²) in [6, 6.07) is 0. The van der Waals surface area contributed by atoms with Crippen LogP contribution in [0.1, 0.15) is 51.9 Å². The summed E-state index contributed by atoms with van der Waals surface area (Å²) < 4.78 is 0. The molecule has 0 aromatic rings. The number of hydrogen-bond acceptors (Lipinski definition) is 2. The molecule has 15 heavy (non-hydrogen) atoms. The molecule has 2 rings (SSSR count). The van der Waals surface area contributed by atoms with Crippen LogP contribution in [-0.2, 0) is 0 Å². The Morgan fingerprint density at radius 1 is 1.27 bits per heavy atom. The van der Waals surface area contributed by atoms with Gasteiger partial charge >= 0.3 is 0 Å². The average Bonchev–Trinajstić information content (AvgIpc) is 2.23. The molecule has 1 aliphatic heterocycles. The van der Waals surface area contributed by atoms with Crippen LogP contribution in [0, 0.1) is 5.92 Å². The molecule has 1 heterocycles. The van der Waals surface area contributed by atoms with Gasteiger partial charge in [0.05, 0.1) is 0 Å². The Balaban J connectivity index is 1.50. The van der Waals surface area contributed by atoms with Gasteiger partial charge in [0.25, 0.3) is 0 Å². The smallest absolute Gasteiger partial charge is 0.0153 e. The van der Waals surface area contributed by atoms with E-state index in [4.69, 9.17) is 0 Å². The fraction of sp³-hybridized carbons (Fsp3) is 1.00. The van der Waals surface area contributed by atoms with Crippen molar-refractivity contribution in [1.29, 1.82) is 0 Å². The lowest BCUT2D eigenvalue weighted by atomic mass is 9.78. The maximum absolute atomic E-state index is 3.72. The minimum atomic E-state index is 0.508. The Hall–Kier alpha value is -0.0800. The van der Waals surface area contributed by atoms with E-state index in [2.05, 4.69) is 17.6 Å². The van der Waals surface area contributed by atoms with E-state index in [0.29, 0.717) is 5.54 Å². The lowest BCUT2D eigenvalue weighted by Crippen LogP contribution is -2.48. The Morgan fingerprint density at radius 3 is 2.60 bits per heavy atom. The molecule has 2 N–H and O–H groups in total. The highest BCUT2D eigenvalue weighted by Crippen LogP contribution is 2.30. The summed E-state index contributed by atoms with van der Waals surface area (Å²) in [5.74, 6) is 1.00. The largest absolute Gasteiger partial charge is 0.317 e. The molecule has 0 atom stereocenters. The van der Waals surface area contributed by atoms with E-state index >= 15 is 0 Å². The van der Waals surface area contributed by atoms with Crippen LogP contribution in [0.2, 0.25) is 0 Å². The molecule has 1 saturated carbocycles. The van der Waals surface area contributed by atoms with E-state index in [1.54, 1.807) is 0 Å². The second-order valence-electron chi connectivity index (χ2n) is 5.68. The first kappa shape index (κ1) is 11.4. The van der Waals surface area contributed by atoms with Crippen molar-refractivity contribution < 1.29 is 0 Å². The number of rotatable bonds is 5. The molecule has 88 valence electrons. The van der Waals surface area contributed by atoms with Crippen molar-refractivity contribution >= 4 is 0 Å². The third-order valence-corrected chi connectivity index (χ3v) is 4.26. The fourth-order valence-electron chi connectivity index (χ4n) is 2.84. The van der Waals surface area contributed by atoms with Crippen LogP contribution in [0.3, 0.4) is 0 Å². The molecule has 2 aliphatic rings. The Morgan fingerprint density at radius 2 is 2.00 bits per heavy atom. The SMILES string of the molecule is CC1(NCCCC2CCNCC2)CCC1. The van der Waals surface area contributed by atoms with Crippen LogP contribution in [0.15, 0.2) is 0 Å². The Kier molecular flexibility index (Phi) is 4.04. The Labute approximate surface area is 94.2 Å². The van der Waals surface area contributed by atoms with E-state index in [1.807, 2.05) is 0 Å². The molecule has 0 aromatic carbocycles. The van der Waals surface area contributed by atoms with Crippen LogP contribution in [0.5, 0.6) is 0 Å². The van der Waals surface area contributed by atoms with E-state index in [-0.39, 0.29) is 0 Å². The molecule has 0 amide bonds. The summed E-state index contributed by atoms with van der Waals surface area (Å²) >= 11 is 0. The van der Waals surface area contributed by atoms with Crippen molar-refractivity contribution in [2.75, 3.05) is 19.6 Å². The van der Waals surface area contributed by atoms with Gasteiger partial charge in [-0.05, 0) is 77.4 Å². The van der Waals surface area contributed by atoms with Gasteiger partial charge in [0, 0.05) is 5.54 Å². The molecule has 1 aliphatic carbocycles. The minimum Gasteiger partial charge on any atom is -0.317 e. The van der Waals surface area contributed by atoms with Crippen LogP contribution in [0.25, 0.3) is 0 Å². The van der Waals surface area contributed by atoms with E-state index in [9.17, 15) is 0 Å². The zero-order valence-corrected chi connectivity index (χ0v) is 10.1. The standard InChI is InChI=1S/C13H26N2/c1-13(7-3-8-13)15-9-2-4-12-5-10-14-11-6-12/h12,14-15H,2-11H2,1H3. The Bertz CT molecular complexity index is 181. The first-order valence-electron chi connectivity index (χ1n) is 6.74. The highest BCUT2D eigenvalue weighted by atomic mass is 15.0. The molecule has 2 heteroatoms. The summed E-state index contributed by atoms with van der Waals surface area (Å²) in [5, 5.41) is 7.15. The van der Waals surface area contributed by atoms with Gasteiger partial charge in [-0.25, -0.2) is 0 Å². The van der Waals surface area contributed by atoms with E-state index < -0.39 is 0 Å². The number of hydrogen-bond donors (Lipinski definition) is 2. The molecule has 1 saturated heterocycles. The lowest BCUT2D eigenvalue weighted by molar-refractivity contribution is 0.205. The van der Waals surface area contributed by atoms with Gasteiger partial charge in [0.15, 0.2) is 0 Å². The fourth-order valence-corrected chi connectivity index (χ4v) is 2.84. The second-order valence-corrected chi connectivity index (χ2v) is 5.68. The summed E-state index contributed by atoms with van der Waals surface area (Å²) in [6.07, 6.45) is 9.82. The van der Waals surface area contributed by atoms with Crippen molar-refractivity contribution in [3.8, 4) is 0 Å². The highest BCUT2D eigenvalue weighted by molar-refractivity contribution is 4.91. The first-order chi connectivity index (χ1) is 7.29. The van der Waals surface area contributed by atoms with Crippen LogP contribution in [-0.4, -0.2) is 25.2 Å². The van der Waals surface area contributed by atoms with E-state index in [1.165, 1.54) is 64.6 Å². The molecule has 0 aromatic heterocycles. The normalized spacial score (nSPS) is 26.2.